The van der Waals surface area contributed by atoms with E-state index in [-0.39, 0.29) is 11.9 Å². The molecule has 1 heterocycles. The van der Waals surface area contributed by atoms with Gasteiger partial charge in [0.15, 0.2) is 5.96 Å². The van der Waals surface area contributed by atoms with Crippen LogP contribution in [0.15, 0.2) is 29.3 Å². The Balaban J connectivity index is 1.58. The average Bonchev–Trinajstić information content (AvgIpc) is 3.03. The van der Waals surface area contributed by atoms with Gasteiger partial charge >= 0.3 is 0 Å². The molecule has 1 aromatic rings. The van der Waals surface area contributed by atoms with Gasteiger partial charge in [-0.3, -0.25) is 4.99 Å². The Bertz CT molecular complexity index is 476. The fraction of sp³-hybridized carbons (Fsp3) is 0.562. The normalized spacial score (nSPS) is 18.5. The van der Waals surface area contributed by atoms with E-state index in [0.717, 1.165) is 25.0 Å². The zero-order valence-electron chi connectivity index (χ0n) is 13.0. The van der Waals surface area contributed by atoms with Gasteiger partial charge in [-0.05, 0) is 30.5 Å². The van der Waals surface area contributed by atoms with E-state index in [4.69, 9.17) is 9.47 Å². The summed E-state index contributed by atoms with van der Waals surface area (Å²) in [6.07, 6.45) is 2.47. The standard InChI is InChI=1S/C16H24FN3O2/c1-18-16(20-11-13-4-2-5-14(17)10-13)19-7-9-21-12-15-6-3-8-22-15/h2,4-5,10,15H,3,6-9,11-12H2,1H3,(H2,18,19,20). The SMILES string of the molecule is CN=C(NCCOCC1CCCO1)NCc1cccc(F)c1. The van der Waals surface area contributed by atoms with Crippen LogP contribution >= 0.6 is 0 Å². The van der Waals surface area contributed by atoms with Gasteiger partial charge < -0.3 is 20.1 Å². The predicted molar refractivity (Wildman–Crippen MR) is 84.4 cm³/mol. The maximum atomic E-state index is 13.1. The van der Waals surface area contributed by atoms with E-state index >= 15 is 0 Å². The number of guanidine groups is 1. The minimum absolute atomic E-state index is 0.232. The molecule has 0 spiro atoms. The van der Waals surface area contributed by atoms with Crippen molar-refractivity contribution in [2.75, 3.05) is 33.4 Å². The largest absolute Gasteiger partial charge is 0.377 e. The van der Waals surface area contributed by atoms with Gasteiger partial charge in [-0.2, -0.15) is 0 Å². The molecule has 1 atom stereocenters. The second kappa shape index (κ2) is 9.38. The summed E-state index contributed by atoms with van der Waals surface area (Å²) in [6, 6.07) is 6.50. The lowest BCUT2D eigenvalue weighted by atomic mass is 10.2. The molecule has 1 aromatic carbocycles. The highest BCUT2D eigenvalue weighted by Gasteiger charge is 2.14. The molecule has 5 nitrogen and oxygen atoms in total. The second-order valence-electron chi connectivity index (χ2n) is 5.19. The van der Waals surface area contributed by atoms with Gasteiger partial charge in [-0.1, -0.05) is 12.1 Å². The Morgan fingerprint density at radius 1 is 1.45 bits per heavy atom. The molecule has 0 amide bonds. The van der Waals surface area contributed by atoms with Crippen LogP contribution in [0.3, 0.4) is 0 Å². The Morgan fingerprint density at radius 2 is 2.36 bits per heavy atom. The summed E-state index contributed by atoms with van der Waals surface area (Å²) in [4.78, 5) is 4.12. The van der Waals surface area contributed by atoms with E-state index < -0.39 is 0 Å². The first-order valence-electron chi connectivity index (χ1n) is 7.66. The first-order chi connectivity index (χ1) is 10.8. The molecule has 0 bridgehead atoms. The van der Waals surface area contributed by atoms with Gasteiger partial charge in [0, 0.05) is 26.7 Å². The Hall–Kier alpha value is -1.66. The summed E-state index contributed by atoms with van der Waals surface area (Å²) in [7, 11) is 1.70. The van der Waals surface area contributed by atoms with Crippen LogP contribution in [0.4, 0.5) is 4.39 Å². The van der Waals surface area contributed by atoms with Crippen LogP contribution in [-0.4, -0.2) is 45.5 Å². The van der Waals surface area contributed by atoms with E-state index in [1.807, 2.05) is 6.07 Å². The molecule has 2 rings (SSSR count). The predicted octanol–water partition coefficient (Wildman–Crippen LogP) is 1.69. The monoisotopic (exact) mass is 309 g/mol. The van der Waals surface area contributed by atoms with Gasteiger partial charge in [0.25, 0.3) is 0 Å². The average molecular weight is 309 g/mol. The third kappa shape index (κ3) is 5.99. The van der Waals surface area contributed by atoms with E-state index in [9.17, 15) is 4.39 Å². The van der Waals surface area contributed by atoms with Crippen LogP contribution in [0.5, 0.6) is 0 Å². The maximum Gasteiger partial charge on any atom is 0.191 e. The number of hydrogen-bond donors (Lipinski definition) is 2. The molecule has 1 aliphatic heterocycles. The van der Waals surface area contributed by atoms with Gasteiger partial charge in [0.1, 0.15) is 5.82 Å². The number of benzene rings is 1. The summed E-state index contributed by atoms with van der Waals surface area (Å²) in [5.74, 6) is 0.440. The Labute approximate surface area is 130 Å². The molecule has 6 heteroatoms. The summed E-state index contributed by atoms with van der Waals surface area (Å²) < 4.78 is 24.1. The van der Waals surface area contributed by atoms with Crippen molar-refractivity contribution in [3.63, 3.8) is 0 Å². The number of nitrogens with one attached hydrogen (secondary N) is 2. The van der Waals surface area contributed by atoms with Crippen LogP contribution in [0.1, 0.15) is 18.4 Å². The fourth-order valence-electron chi connectivity index (χ4n) is 2.29. The van der Waals surface area contributed by atoms with E-state index in [2.05, 4.69) is 15.6 Å². The highest BCUT2D eigenvalue weighted by atomic mass is 19.1. The molecule has 122 valence electrons. The van der Waals surface area contributed by atoms with Crippen molar-refractivity contribution < 1.29 is 13.9 Å². The molecule has 1 aliphatic rings. The molecular weight excluding hydrogens is 285 g/mol. The van der Waals surface area contributed by atoms with Crippen molar-refractivity contribution >= 4 is 5.96 Å². The molecule has 22 heavy (non-hydrogen) atoms. The molecule has 1 unspecified atom stereocenters. The third-order valence-electron chi connectivity index (χ3n) is 3.44. The molecule has 0 aliphatic carbocycles. The van der Waals surface area contributed by atoms with E-state index in [1.165, 1.54) is 12.1 Å². The number of ether oxygens (including phenoxy) is 2. The molecule has 1 fully saturated rings. The van der Waals surface area contributed by atoms with Crippen molar-refractivity contribution in [1.82, 2.24) is 10.6 Å². The first kappa shape index (κ1) is 16.7. The van der Waals surface area contributed by atoms with Crippen LogP contribution in [0, 0.1) is 5.82 Å². The second-order valence-corrected chi connectivity index (χ2v) is 5.19. The van der Waals surface area contributed by atoms with Crippen molar-refractivity contribution in [2.45, 2.75) is 25.5 Å². The van der Waals surface area contributed by atoms with Crippen molar-refractivity contribution in [1.29, 1.82) is 0 Å². The summed E-state index contributed by atoms with van der Waals surface area (Å²) in [5.41, 5.74) is 0.873. The number of aliphatic imine (C=N–C) groups is 1. The zero-order valence-corrected chi connectivity index (χ0v) is 13.0. The zero-order chi connectivity index (χ0) is 15.6. The van der Waals surface area contributed by atoms with Gasteiger partial charge in [0.2, 0.25) is 0 Å². The Morgan fingerprint density at radius 3 is 3.09 bits per heavy atom. The van der Waals surface area contributed by atoms with Crippen molar-refractivity contribution in [3.8, 4) is 0 Å². The Kier molecular flexibility index (Phi) is 7.12. The molecule has 2 N–H and O–H groups in total. The summed E-state index contributed by atoms with van der Waals surface area (Å²) >= 11 is 0. The number of hydrogen-bond acceptors (Lipinski definition) is 3. The lowest BCUT2D eigenvalue weighted by Gasteiger charge is -2.13. The van der Waals surface area contributed by atoms with Crippen molar-refractivity contribution in [2.24, 2.45) is 4.99 Å². The smallest absolute Gasteiger partial charge is 0.191 e. The lowest BCUT2D eigenvalue weighted by molar-refractivity contribution is 0.0191. The summed E-state index contributed by atoms with van der Waals surface area (Å²) in [5, 5.41) is 6.30. The quantitative estimate of drug-likeness (QED) is 0.457. The molecule has 0 saturated carbocycles. The van der Waals surface area contributed by atoms with E-state index in [0.29, 0.717) is 32.3 Å². The lowest BCUT2D eigenvalue weighted by Crippen LogP contribution is -2.38. The highest BCUT2D eigenvalue weighted by molar-refractivity contribution is 5.79. The topological polar surface area (TPSA) is 54.9 Å². The fourth-order valence-corrected chi connectivity index (χ4v) is 2.29. The molecule has 0 aromatic heterocycles. The van der Waals surface area contributed by atoms with Crippen LogP contribution in [-0.2, 0) is 16.0 Å². The highest BCUT2D eigenvalue weighted by Crippen LogP contribution is 2.11. The van der Waals surface area contributed by atoms with Crippen LogP contribution in [0.2, 0.25) is 0 Å². The van der Waals surface area contributed by atoms with Gasteiger partial charge in [-0.25, -0.2) is 4.39 Å². The number of nitrogens with zero attached hydrogens (tertiary/aromatic N) is 1. The molecule has 1 saturated heterocycles. The van der Waals surface area contributed by atoms with Gasteiger partial charge in [0.05, 0.1) is 19.3 Å². The van der Waals surface area contributed by atoms with Gasteiger partial charge in [-0.15, -0.1) is 0 Å². The van der Waals surface area contributed by atoms with Crippen LogP contribution in [0.25, 0.3) is 0 Å². The number of halogens is 1. The third-order valence-corrected chi connectivity index (χ3v) is 3.44. The number of rotatable bonds is 7. The molecule has 0 radical (unpaired) electrons. The molecular formula is C16H24FN3O2. The minimum atomic E-state index is -0.232. The minimum Gasteiger partial charge on any atom is -0.377 e. The summed E-state index contributed by atoms with van der Waals surface area (Å²) in [6.45, 7) is 3.28. The first-order valence-corrected chi connectivity index (χ1v) is 7.66. The van der Waals surface area contributed by atoms with Crippen LogP contribution < -0.4 is 10.6 Å². The maximum absolute atomic E-state index is 13.1. The van der Waals surface area contributed by atoms with E-state index in [1.54, 1.807) is 13.1 Å². The van der Waals surface area contributed by atoms with Crippen molar-refractivity contribution in [3.05, 3.63) is 35.6 Å².